The molecule has 1 aromatic carbocycles. The molecule has 1 atom stereocenters. The lowest BCUT2D eigenvalue weighted by molar-refractivity contribution is -0.117. The van der Waals surface area contributed by atoms with Crippen LogP contribution in [0.3, 0.4) is 0 Å². The molecule has 0 aliphatic carbocycles. The van der Waals surface area contributed by atoms with Crippen molar-refractivity contribution in [3.63, 3.8) is 0 Å². The van der Waals surface area contributed by atoms with E-state index in [0.717, 1.165) is 24.6 Å². The number of benzene rings is 1. The summed E-state index contributed by atoms with van der Waals surface area (Å²) >= 11 is 5.96. The number of nitrogens with zero attached hydrogens (tertiary/aromatic N) is 4. The van der Waals surface area contributed by atoms with Gasteiger partial charge in [0, 0.05) is 5.02 Å². The average molecular weight is 334 g/mol. The van der Waals surface area contributed by atoms with Crippen LogP contribution in [-0.2, 0) is 11.2 Å². The monoisotopic (exact) mass is 333 g/mol. The van der Waals surface area contributed by atoms with E-state index in [0.29, 0.717) is 10.8 Å². The fourth-order valence-electron chi connectivity index (χ4n) is 2.93. The Kier molecular flexibility index (Phi) is 4.63. The lowest BCUT2D eigenvalue weighted by atomic mass is 10.2. The van der Waals surface area contributed by atoms with Crippen LogP contribution >= 0.6 is 11.6 Å². The minimum absolute atomic E-state index is 0.0420. The number of amides is 1. The standard InChI is InChI=1S/C16H20ClN5O/c1-11(21-8-2-3-9-21)16-19-15(10-14(18)23)20-22(16)13-6-4-12(17)5-7-13/h4-7,11H,2-3,8-10H2,1H3,(H2,18,23)/t11-/m0/s1. The number of aromatic nitrogens is 3. The molecular weight excluding hydrogens is 314 g/mol. The molecule has 0 spiro atoms. The van der Waals surface area contributed by atoms with Crippen molar-refractivity contribution in [1.29, 1.82) is 0 Å². The quantitative estimate of drug-likeness (QED) is 0.909. The first-order chi connectivity index (χ1) is 11.0. The predicted molar refractivity (Wildman–Crippen MR) is 88.5 cm³/mol. The summed E-state index contributed by atoms with van der Waals surface area (Å²) in [6, 6.07) is 7.55. The number of hydrogen-bond acceptors (Lipinski definition) is 4. The van der Waals surface area contributed by atoms with Crippen LogP contribution in [0, 0.1) is 0 Å². The zero-order valence-corrected chi connectivity index (χ0v) is 13.8. The molecule has 7 heteroatoms. The second-order valence-electron chi connectivity index (χ2n) is 5.84. The van der Waals surface area contributed by atoms with Crippen molar-refractivity contribution in [3.05, 3.63) is 40.9 Å². The molecule has 6 nitrogen and oxygen atoms in total. The predicted octanol–water partition coefficient (Wildman–Crippen LogP) is 2.11. The third-order valence-corrected chi connectivity index (χ3v) is 4.39. The molecule has 1 fully saturated rings. The van der Waals surface area contributed by atoms with Gasteiger partial charge in [-0.25, -0.2) is 9.67 Å². The number of carbonyl (C=O) groups is 1. The Morgan fingerprint density at radius 3 is 2.57 bits per heavy atom. The number of likely N-dealkylation sites (tertiary alicyclic amines) is 1. The Balaban J connectivity index is 1.99. The molecule has 3 rings (SSSR count). The molecule has 0 bridgehead atoms. The van der Waals surface area contributed by atoms with E-state index in [1.54, 1.807) is 4.68 Å². The van der Waals surface area contributed by atoms with Gasteiger partial charge >= 0.3 is 0 Å². The van der Waals surface area contributed by atoms with E-state index in [-0.39, 0.29) is 12.5 Å². The molecule has 2 N–H and O–H groups in total. The Labute approximate surface area is 140 Å². The maximum absolute atomic E-state index is 11.2. The zero-order chi connectivity index (χ0) is 16.4. The van der Waals surface area contributed by atoms with E-state index in [1.807, 2.05) is 24.3 Å². The van der Waals surface area contributed by atoms with Crippen molar-refractivity contribution in [1.82, 2.24) is 19.7 Å². The minimum atomic E-state index is -0.432. The van der Waals surface area contributed by atoms with Crippen molar-refractivity contribution >= 4 is 17.5 Å². The zero-order valence-electron chi connectivity index (χ0n) is 13.1. The first-order valence-corrected chi connectivity index (χ1v) is 8.16. The lowest BCUT2D eigenvalue weighted by Gasteiger charge is -2.23. The van der Waals surface area contributed by atoms with Crippen molar-refractivity contribution < 1.29 is 4.79 Å². The van der Waals surface area contributed by atoms with Crippen LogP contribution in [-0.4, -0.2) is 38.7 Å². The SMILES string of the molecule is C[C@@H](c1nc(CC(N)=O)nn1-c1ccc(Cl)cc1)N1CCCC1. The van der Waals surface area contributed by atoms with Crippen LogP contribution in [0.4, 0.5) is 0 Å². The molecule has 0 unspecified atom stereocenters. The van der Waals surface area contributed by atoms with Crippen LogP contribution in [0.1, 0.15) is 37.5 Å². The second-order valence-corrected chi connectivity index (χ2v) is 6.27. The summed E-state index contributed by atoms with van der Waals surface area (Å²) in [6.07, 6.45) is 2.45. The van der Waals surface area contributed by atoms with Gasteiger partial charge in [-0.15, -0.1) is 0 Å². The average Bonchev–Trinajstić information content (AvgIpc) is 3.16. The number of halogens is 1. The smallest absolute Gasteiger partial charge is 0.225 e. The maximum atomic E-state index is 11.2. The molecule has 0 saturated carbocycles. The van der Waals surface area contributed by atoms with Gasteiger partial charge in [0.2, 0.25) is 5.91 Å². The van der Waals surface area contributed by atoms with E-state index < -0.39 is 5.91 Å². The Morgan fingerprint density at radius 2 is 1.96 bits per heavy atom. The maximum Gasteiger partial charge on any atom is 0.225 e. The summed E-state index contributed by atoms with van der Waals surface area (Å²) < 4.78 is 1.79. The molecule has 2 heterocycles. The van der Waals surface area contributed by atoms with Crippen LogP contribution in [0.2, 0.25) is 5.02 Å². The Hall–Kier alpha value is -1.92. The van der Waals surface area contributed by atoms with Crippen molar-refractivity contribution in [2.45, 2.75) is 32.2 Å². The number of primary amides is 1. The summed E-state index contributed by atoms with van der Waals surface area (Å²) in [4.78, 5) is 18.2. The first-order valence-electron chi connectivity index (χ1n) is 7.78. The second kappa shape index (κ2) is 6.68. The number of hydrogen-bond donors (Lipinski definition) is 1. The van der Waals surface area contributed by atoms with E-state index in [4.69, 9.17) is 17.3 Å². The summed E-state index contributed by atoms with van der Waals surface area (Å²) in [5.74, 6) is 0.845. The molecule has 0 radical (unpaired) electrons. The molecular formula is C16H20ClN5O. The number of rotatable bonds is 5. The molecule has 1 saturated heterocycles. The molecule has 1 amide bonds. The van der Waals surface area contributed by atoms with Crippen molar-refractivity contribution in [3.8, 4) is 5.69 Å². The molecule has 1 aliphatic rings. The minimum Gasteiger partial charge on any atom is -0.369 e. The van der Waals surface area contributed by atoms with Crippen LogP contribution in [0.5, 0.6) is 0 Å². The van der Waals surface area contributed by atoms with Crippen LogP contribution < -0.4 is 5.73 Å². The summed E-state index contributed by atoms with van der Waals surface area (Å²) in [7, 11) is 0. The van der Waals surface area contributed by atoms with E-state index in [2.05, 4.69) is 21.9 Å². The van der Waals surface area contributed by atoms with Crippen LogP contribution in [0.15, 0.2) is 24.3 Å². The van der Waals surface area contributed by atoms with E-state index in [1.165, 1.54) is 12.8 Å². The number of nitrogens with two attached hydrogens (primary N) is 1. The number of carbonyl (C=O) groups excluding carboxylic acids is 1. The topological polar surface area (TPSA) is 77.0 Å². The van der Waals surface area contributed by atoms with Gasteiger partial charge in [-0.1, -0.05) is 11.6 Å². The highest BCUT2D eigenvalue weighted by molar-refractivity contribution is 6.30. The van der Waals surface area contributed by atoms with Crippen LogP contribution in [0.25, 0.3) is 5.69 Å². The third kappa shape index (κ3) is 3.54. The third-order valence-electron chi connectivity index (χ3n) is 4.14. The highest BCUT2D eigenvalue weighted by atomic mass is 35.5. The van der Waals surface area contributed by atoms with Gasteiger partial charge in [0.05, 0.1) is 18.2 Å². The Bertz CT molecular complexity index is 691. The van der Waals surface area contributed by atoms with Crippen molar-refractivity contribution in [2.24, 2.45) is 5.73 Å². The molecule has 122 valence electrons. The fourth-order valence-corrected chi connectivity index (χ4v) is 3.06. The summed E-state index contributed by atoms with van der Waals surface area (Å²) in [6.45, 7) is 4.23. The highest BCUT2D eigenvalue weighted by Crippen LogP contribution is 2.25. The van der Waals surface area contributed by atoms with Gasteiger partial charge in [-0.2, -0.15) is 5.10 Å². The molecule has 1 aromatic heterocycles. The summed E-state index contributed by atoms with van der Waals surface area (Å²) in [5.41, 5.74) is 6.16. The first kappa shape index (κ1) is 16.0. The Morgan fingerprint density at radius 1 is 1.30 bits per heavy atom. The van der Waals surface area contributed by atoms with Crippen molar-refractivity contribution in [2.75, 3.05) is 13.1 Å². The van der Waals surface area contributed by atoms with Gasteiger partial charge < -0.3 is 5.73 Å². The van der Waals surface area contributed by atoms with E-state index in [9.17, 15) is 4.79 Å². The molecule has 23 heavy (non-hydrogen) atoms. The van der Waals surface area contributed by atoms with E-state index >= 15 is 0 Å². The van der Waals surface area contributed by atoms with Gasteiger partial charge in [0.25, 0.3) is 0 Å². The normalized spacial score (nSPS) is 16.6. The molecule has 2 aromatic rings. The summed E-state index contributed by atoms with van der Waals surface area (Å²) in [5, 5.41) is 5.14. The largest absolute Gasteiger partial charge is 0.369 e. The highest BCUT2D eigenvalue weighted by Gasteiger charge is 2.25. The fraction of sp³-hybridized carbons (Fsp3) is 0.438. The van der Waals surface area contributed by atoms with Gasteiger partial charge in [-0.3, -0.25) is 9.69 Å². The molecule has 1 aliphatic heterocycles. The lowest BCUT2D eigenvalue weighted by Crippen LogP contribution is -2.26. The van der Waals surface area contributed by atoms with Gasteiger partial charge in [-0.05, 0) is 57.1 Å². The van der Waals surface area contributed by atoms with Gasteiger partial charge in [0.1, 0.15) is 5.82 Å². The van der Waals surface area contributed by atoms with Gasteiger partial charge in [0.15, 0.2) is 5.82 Å².